The van der Waals surface area contributed by atoms with Gasteiger partial charge in [-0.1, -0.05) is 98.8 Å². The van der Waals surface area contributed by atoms with Gasteiger partial charge in [-0.2, -0.15) is 0 Å². The Labute approximate surface area is 187 Å². The Morgan fingerprint density at radius 1 is 0.531 bits per heavy atom. The zero-order valence-electron chi connectivity index (χ0n) is 18.3. The highest BCUT2D eigenvalue weighted by atomic mass is 16.3. The average Bonchev–Trinajstić information content (AvgIpc) is 3.22. The van der Waals surface area contributed by atoms with Gasteiger partial charge in [-0.05, 0) is 62.7 Å². The topological polar surface area (TPSA) is 13.1 Å². The molecule has 0 saturated carbocycles. The molecule has 0 fully saturated rings. The molecule has 0 aliphatic carbocycles. The van der Waals surface area contributed by atoms with Crippen LogP contribution < -0.4 is 0 Å². The van der Waals surface area contributed by atoms with E-state index in [4.69, 9.17) is 4.42 Å². The van der Waals surface area contributed by atoms with Gasteiger partial charge in [0.05, 0.1) is 0 Å². The van der Waals surface area contributed by atoms with Crippen molar-refractivity contribution in [1.29, 1.82) is 0 Å². The molecule has 0 atom stereocenters. The van der Waals surface area contributed by atoms with Gasteiger partial charge in [-0.3, -0.25) is 0 Å². The van der Waals surface area contributed by atoms with Gasteiger partial charge in [0.1, 0.15) is 11.2 Å². The fraction of sp³-hybridized carbons (Fsp3) is 0.0968. The molecule has 6 aromatic rings. The molecule has 1 heteroatoms. The van der Waals surface area contributed by atoms with Crippen LogP contribution in [0, 0.1) is 0 Å². The maximum Gasteiger partial charge on any atom is 0.136 e. The maximum absolute atomic E-state index is 6.15. The zero-order valence-corrected chi connectivity index (χ0v) is 18.3. The van der Waals surface area contributed by atoms with Crippen LogP contribution in [-0.2, 0) is 0 Å². The number of rotatable bonds is 3. The van der Waals surface area contributed by atoms with Gasteiger partial charge >= 0.3 is 0 Å². The summed E-state index contributed by atoms with van der Waals surface area (Å²) in [5.41, 5.74) is 8.16. The van der Waals surface area contributed by atoms with E-state index in [1.165, 1.54) is 49.4 Å². The lowest BCUT2D eigenvalue weighted by Gasteiger charge is -2.08. The molecule has 0 aliphatic heterocycles. The quantitative estimate of drug-likeness (QED) is 0.282. The second kappa shape index (κ2) is 7.39. The fourth-order valence-corrected chi connectivity index (χ4v) is 4.64. The largest absolute Gasteiger partial charge is 0.456 e. The lowest BCUT2D eigenvalue weighted by molar-refractivity contribution is 0.669. The summed E-state index contributed by atoms with van der Waals surface area (Å²) in [5.74, 6) is 0.553. The highest BCUT2D eigenvalue weighted by Gasteiger charge is 2.12. The van der Waals surface area contributed by atoms with Crippen molar-refractivity contribution >= 4 is 32.7 Å². The molecule has 0 aliphatic rings. The Balaban J connectivity index is 1.42. The molecule has 32 heavy (non-hydrogen) atoms. The first-order valence-corrected chi connectivity index (χ1v) is 11.2. The van der Waals surface area contributed by atoms with Gasteiger partial charge in [-0.15, -0.1) is 0 Å². The summed E-state index contributed by atoms with van der Waals surface area (Å²) in [6.07, 6.45) is 0. The Kier molecular flexibility index (Phi) is 4.36. The summed E-state index contributed by atoms with van der Waals surface area (Å²) in [7, 11) is 0. The first kappa shape index (κ1) is 18.9. The molecule has 1 aromatic heterocycles. The summed E-state index contributed by atoms with van der Waals surface area (Å²) in [6, 6.07) is 37.0. The predicted octanol–water partition coefficient (Wildman–Crippen LogP) is 9.20. The number of furan rings is 1. The summed E-state index contributed by atoms with van der Waals surface area (Å²) < 4.78 is 6.15. The highest BCUT2D eigenvalue weighted by Crippen LogP contribution is 2.37. The van der Waals surface area contributed by atoms with E-state index >= 15 is 0 Å². The molecule has 0 amide bonds. The molecule has 0 bridgehead atoms. The third kappa shape index (κ3) is 3.09. The second-order valence-corrected chi connectivity index (χ2v) is 8.83. The van der Waals surface area contributed by atoms with Gasteiger partial charge in [0.15, 0.2) is 0 Å². The van der Waals surface area contributed by atoms with E-state index in [1.807, 2.05) is 0 Å². The first-order valence-electron chi connectivity index (χ1n) is 11.2. The van der Waals surface area contributed by atoms with E-state index in [1.54, 1.807) is 0 Å². The molecule has 0 radical (unpaired) electrons. The molecular weight excluding hydrogens is 388 g/mol. The Morgan fingerprint density at radius 3 is 1.84 bits per heavy atom. The lowest BCUT2D eigenvalue weighted by Crippen LogP contribution is -1.87. The highest BCUT2D eigenvalue weighted by molar-refractivity contribution is 6.19. The minimum atomic E-state index is 0.553. The molecule has 0 N–H and O–H groups in total. The van der Waals surface area contributed by atoms with Gasteiger partial charge in [-0.25, -0.2) is 0 Å². The van der Waals surface area contributed by atoms with Crippen molar-refractivity contribution in [2.45, 2.75) is 19.8 Å². The van der Waals surface area contributed by atoms with Crippen molar-refractivity contribution in [2.24, 2.45) is 0 Å². The van der Waals surface area contributed by atoms with E-state index in [0.717, 1.165) is 11.2 Å². The molecule has 6 rings (SSSR count). The molecular formula is C31H24O. The molecule has 1 nitrogen and oxygen atoms in total. The van der Waals surface area contributed by atoms with Crippen LogP contribution in [0.15, 0.2) is 108 Å². The Morgan fingerprint density at radius 2 is 1.12 bits per heavy atom. The monoisotopic (exact) mass is 412 g/mol. The van der Waals surface area contributed by atoms with Gasteiger partial charge in [0.2, 0.25) is 0 Å². The fourth-order valence-electron chi connectivity index (χ4n) is 4.64. The van der Waals surface area contributed by atoms with Crippen LogP contribution in [0.4, 0.5) is 0 Å². The van der Waals surface area contributed by atoms with Crippen LogP contribution in [-0.4, -0.2) is 0 Å². The van der Waals surface area contributed by atoms with Crippen LogP contribution in [0.1, 0.15) is 25.3 Å². The minimum Gasteiger partial charge on any atom is -0.456 e. The van der Waals surface area contributed by atoms with E-state index in [0.29, 0.717) is 5.92 Å². The number of hydrogen-bond donors (Lipinski definition) is 0. The molecule has 154 valence electrons. The zero-order chi connectivity index (χ0) is 21.7. The molecule has 0 spiro atoms. The standard InChI is InChI=1S/C31H24O/c1-20(2)21-7-9-22(10-8-21)23-11-13-24(14-12-23)26-16-17-29-28(19-26)31-27-6-4-3-5-25(27)15-18-30(31)32-29/h3-20H,1-2H3. The van der Waals surface area contributed by atoms with Crippen LogP contribution in [0.2, 0.25) is 0 Å². The smallest absolute Gasteiger partial charge is 0.136 e. The second-order valence-electron chi connectivity index (χ2n) is 8.83. The Bertz CT molecular complexity index is 1570. The van der Waals surface area contributed by atoms with E-state index < -0.39 is 0 Å². The maximum atomic E-state index is 6.15. The van der Waals surface area contributed by atoms with Crippen molar-refractivity contribution in [3.63, 3.8) is 0 Å². The van der Waals surface area contributed by atoms with Crippen LogP contribution in [0.3, 0.4) is 0 Å². The van der Waals surface area contributed by atoms with Crippen LogP contribution in [0.5, 0.6) is 0 Å². The summed E-state index contributed by atoms with van der Waals surface area (Å²) >= 11 is 0. The third-order valence-corrected chi connectivity index (χ3v) is 6.49. The number of benzene rings is 5. The normalized spacial score (nSPS) is 11.7. The van der Waals surface area contributed by atoms with Crippen LogP contribution >= 0.6 is 0 Å². The average molecular weight is 413 g/mol. The Hall–Kier alpha value is -3.84. The van der Waals surface area contributed by atoms with Gasteiger partial charge in [0, 0.05) is 10.8 Å². The summed E-state index contributed by atoms with van der Waals surface area (Å²) in [6.45, 7) is 4.46. The molecule has 0 saturated heterocycles. The SMILES string of the molecule is CC(C)c1ccc(-c2ccc(-c3ccc4oc5ccc6ccccc6c5c4c3)cc2)cc1. The third-order valence-electron chi connectivity index (χ3n) is 6.49. The predicted molar refractivity (Wildman–Crippen MR) is 136 cm³/mol. The lowest BCUT2D eigenvalue weighted by atomic mass is 9.96. The molecule has 1 heterocycles. The van der Waals surface area contributed by atoms with Crippen molar-refractivity contribution in [2.75, 3.05) is 0 Å². The summed E-state index contributed by atoms with van der Waals surface area (Å²) in [4.78, 5) is 0. The number of hydrogen-bond acceptors (Lipinski definition) is 1. The molecule has 0 unspecified atom stereocenters. The number of fused-ring (bicyclic) bond motifs is 5. The first-order chi connectivity index (χ1) is 15.7. The summed E-state index contributed by atoms with van der Waals surface area (Å²) in [5, 5.41) is 4.84. The van der Waals surface area contributed by atoms with Crippen molar-refractivity contribution in [3.8, 4) is 22.3 Å². The van der Waals surface area contributed by atoms with Crippen LogP contribution in [0.25, 0.3) is 55.0 Å². The molecule has 5 aromatic carbocycles. The van der Waals surface area contributed by atoms with Gasteiger partial charge in [0.25, 0.3) is 0 Å². The van der Waals surface area contributed by atoms with E-state index in [9.17, 15) is 0 Å². The van der Waals surface area contributed by atoms with Crippen molar-refractivity contribution in [3.05, 3.63) is 109 Å². The van der Waals surface area contributed by atoms with Crippen molar-refractivity contribution < 1.29 is 4.42 Å². The van der Waals surface area contributed by atoms with Gasteiger partial charge < -0.3 is 4.42 Å². The van der Waals surface area contributed by atoms with E-state index in [2.05, 4.69) is 117 Å². The van der Waals surface area contributed by atoms with Crippen molar-refractivity contribution in [1.82, 2.24) is 0 Å². The van der Waals surface area contributed by atoms with E-state index in [-0.39, 0.29) is 0 Å². The minimum absolute atomic E-state index is 0.553.